The van der Waals surface area contributed by atoms with Crippen LogP contribution in [0.5, 0.6) is 0 Å². The van der Waals surface area contributed by atoms with Crippen molar-refractivity contribution in [3.63, 3.8) is 0 Å². The minimum absolute atomic E-state index is 0.327. The van der Waals surface area contributed by atoms with Crippen LogP contribution in [0.2, 0.25) is 0 Å². The van der Waals surface area contributed by atoms with Crippen LogP contribution in [0.1, 0.15) is 41.5 Å². The van der Waals surface area contributed by atoms with Gasteiger partial charge >= 0.3 is 11.9 Å². The van der Waals surface area contributed by atoms with Crippen molar-refractivity contribution in [2.75, 3.05) is 13.2 Å². The topological polar surface area (TPSA) is 52.6 Å². The summed E-state index contributed by atoms with van der Waals surface area (Å²) in [5.41, 5.74) is 3.79. The monoisotopic (exact) mass is 384 g/mol. The van der Waals surface area contributed by atoms with E-state index in [1.54, 1.807) is 13.8 Å². The van der Waals surface area contributed by atoms with Gasteiger partial charge in [0.05, 0.1) is 13.2 Å². The van der Waals surface area contributed by atoms with Gasteiger partial charge in [-0.3, -0.25) is 0 Å². The highest BCUT2D eigenvalue weighted by Gasteiger charge is 1.95. The van der Waals surface area contributed by atoms with Gasteiger partial charge in [-0.1, -0.05) is 59.8 Å². The van der Waals surface area contributed by atoms with Crippen LogP contribution in [-0.2, 0) is 19.1 Å². The predicted molar refractivity (Wildman–Crippen MR) is 116 cm³/mol. The fourth-order valence-electron chi connectivity index (χ4n) is 1.89. The van der Waals surface area contributed by atoms with E-state index in [1.807, 2.05) is 76.3 Å². The first-order valence-corrected chi connectivity index (χ1v) is 9.36. The molecule has 0 fully saturated rings. The molecule has 152 valence electrons. The lowest BCUT2D eigenvalue weighted by molar-refractivity contribution is -0.138. The largest absolute Gasteiger partial charge is 0.463 e. The van der Waals surface area contributed by atoms with Crippen LogP contribution in [0.3, 0.4) is 0 Å². The fraction of sp³-hybridized carbons (Fsp3) is 0.333. The van der Waals surface area contributed by atoms with Gasteiger partial charge in [-0.15, -0.1) is 0 Å². The Morgan fingerprint density at radius 1 is 0.607 bits per heavy atom. The summed E-state index contributed by atoms with van der Waals surface area (Å²) in [7, 11) is 0. The normalized spacial score (nSPS) is 14.4. The van der Waals surface area contributed by atoms with E-state index in [9.17, 15) is 9.59 Å². The summed E-state index contributed by atoms with van der Waals surface area (Å²) in [6.45, 7) is 12.0. The minimum Gasteiger partial charge on any atom is -0.463 e. The van der Waals surface area contributed by atoms with Crippen LogP contribution < -0.4 is 0 Å². The van der Waals surface area contributed by atoms with Crippen LogP contribution in [0.4, 0.5) is 0 Å². The summed E-state index contributed by atoms with van der Waals surface area (Å²) >= 11 is 0. The van der Waals surface area contributed by atoms with E-state index < -0.39 is 0 Å². The third-order valence-corrected chi connectivity index (χ3v) is 3.31. The number of allylic oxidation sites excluding steroid dienone is 12. The zero-order chi connectivity index (χ0) is 21.4. The SMILES string of the molecule is CCOC(=O)/C=C(C)/C=C/C(C)=C/C=C/C=C(C)/C=C/C(C)=C/C(=O)OCC. The second-order valence-corrected chi connectivity index (χ2v) is 6.15. The molecule has 0 saturated carbocycles. The van der Waals surface area contributed by atoms with E-state index in [1.165, 1.54) is 12.2 Å². The van der Waals surface area contributed by atoms with Crippen LogP contribution >= 0.6 is 0 Å². The molecule has 28 heavy (non-hydrogen) atoms. The highest BCUT2D eigenvalue weighted by molar-refractivity contribution is 5.83. The second kappa shape index (κ2) is 15.2. The van der Waals surface area contributed by atoms with Crippen LogP contribution in [0, 0.1) is 0 Å². The van der Waals surface area contributed by atoms with Gasteiger partial charge in [-0.25, -0.2) is 9.59 Å². The lowest BCUT2D eigenvalue weighted by Gasteiger charge is -1.96. The third kappa shape index (κ3) is 14.3. The molecule has 0 radical (unpaired) electrons. The van der Waals surface area contributed by atoms with Crippen LogP contribution in [-0.4, -0.2) is 25.2 Å². The van der Waals surface area contributed by atoms with Gasteiger partial charge in [-0.05, 0) is 52.7 Å². The Kier molecular flexibility index (Phi) is 13.6. The molecule has 0 aliphatic carbocycles. The van der Waals surface area contributed by atoms with E-state index >= 15 is 0 Å². The number of rotatable bonds is 10. The average molecular weight is 385 g/mol. The molecule has 0 bridgehead atoms. The molecule has 0 saturated heterocycles. The Morgan fingerprint density at radius 2 is 0.929 bits per heavy atom. The summed E-state index contributed by atoms with van der Waals surface area (Å²) < 4.78 is 9.74. The maximum atomic E-state index is 11.4. The van der Waals surface area contributed by atoms with Gasteiger partial charge in [0.2, 0.25) is 0 Å². The number of ether oxygens (including phenoxy) is 2. The molecule has 4 nitrogen and oxygen atoms in total. The third-order valence-electron chi connectivity index (χ3n) is 3.31. The van der Waals surface area contributed by atoms with Gasteiger partial charge < -0.3 is 9.47 Å². The Hall–Kier alpha value is -2.88. The second-order valence-electron chi connectivity index (χ2n) is 6.15. The van der Waals surface area contributed by atoms with Crippen molar-refractivity contribution >= 4 is 11.9 Å². The lowest BCUT2D eigenvalue weighted by atomic mass is 10.2. The number of hydrogen-bond donors (Lipinski definition) is 0. The van der Waals surface area contributed by atoms with Crippen molar-refractivity contribution in [1.29, 1.82) is 0 Å². The van der Waals surface area contributed by atoms with Gasteiger partial charge in [0.1, 0.15) is 0 Å². The molecule has 0 aromatic heterocycles. The molecule has 0 spiro atoms. The maximum Gasteiger partial charge on any atom is 0.330 e. The van der Waals surface area contributed by atoms with E-state index in [-0.39, 0.29) is 11.9 Å². The molecule has 0 aromatic rings. The summed E-state index contributed by atoms with van der Waals surface area (Å²) in [6, 6.07) is 0. The number of carbonyl (C=O) groups is 2. The van der Waals surface area contributed by atoms with Crippen molar-refractivity contribution in [3.8, 4) is 0 Å². The predicted octanol–water partition coefficient (Wildman–Crippen LogP) is 5.57. The minimum atomic E-state index is -0.327. The average Bonchev–Trinajstić information content (AvgIpc) is 2.62. The highest BCUT2D eigenvalue weighted by atomic mass is 16.5. The molecule has 0 unspecified atom stereocenters. The molecular formula is C24H32O4. The van der Waals surface area contributed by atoms with Crippen LogP contribution in [0.25, 0.3) is 0 Å². The van der Waals surface area contributed by atoms with E-state index in [0.29, 0.717) is 13.2 Å². The van der Waals surface area contributed by atoms with Gasteiger partial charge in [0.15, 0.2) is 0 Å². The van der Waals surface area contributed by atoms with E-state index in [2.05, 4.69) is 0 Å². The molecule has 0 heterocycles. The van der Waals surface area contributed by atoms with Crippen molar-refractivity contribution < 1.29 is 19.1 Å². The maximum absolute atomic E-state index is 11.4. The standard InChI is InChI=1S/C24H32O4/c1-7-27-23(25)17-21(5)15-13-19(3)11-9-10-12-20(4)14-16-22(6)18-24(26)28-8-2/h9-18H,7-8H2,1-6H3/b10-9+,15-13+,16-14+,19-11+,20-12+,21-17+,22-18+. The molecule has 0 aromatic carbocycles. The van der Waals surface area contributed by atoms with Gasteiger partial charge in [0.25, 0.3) is 0 Å². The number of carbonyl (C=O) groups excluding carboxylic acids is 2. The molecule has 4 heteroatoms. The fourth-order valence-corrected chi connectivity index (χ4v) is 1.89. The lowest BCUT2D eigenvalue weighted by Crippen LogP contribution is -1.99. The molecule has 0 amide bonds. The number of hydrogen-bond acceptors (Lipinski definition) is 4. The zero-order valence-corrected chi connectivity index (χ0v) is 17.8. The molecule has 0 aliphatic rings. The Morgan fingerprint density at radius 3 is 1.25 bits per heavy atom. The van der Waals surface area contributed by atoms with Crippen molar-refractivity contribution in [1.82, 2.24) is 0 Å². The molecule has 0 aliphatic heterocycles. The Balaban J connectivity index is 4.70. The summed E-state index contributed by atoms with van der Waals surface area (Å²) in [4.78, 5) is 22.7. The molecular weight excluding hydrogens is 352 g/mol. The Labute approximate surface area is 169 Å². The van der Waals surface area contributed by atoms with E-state index in [4.69, 9.17) is 9.47 Å². The molecule has 0 atom stereocenters. The van der Waals surface area contributed by atoms with Crippen LogP contribution in [0.15, 0.2) is 83.1 Å². The summed E-state index contributed by atoms with van der Waals surface area (Å²) in [5, 5.41) is 0. The first-order valence-electron chi connectivity index (χ1n) is 9.36. The zero-order valence-electron chi connectivity index (χ0n) is 17.8. The van der Waals surface area contributed by atoms with Crippen molar-refractivity contribution in [3.05, 3.63) is 83.1 Å². The van der Waals surface area contributed by atoms with E-state index in [0.717, 1.165) is 22.3 Å². The first kappa shape index (κ1) is 25.1. The van der Waals surface area contributed by atoms with Crippen molar-refractivity contribution in [2.24, 2.45) is 0 Å². The van der Waals surface area contributed by atoms with Crippen molar-refractivity contribution in [2.45, 2.75) is 41.5 Å². The summed E-state index contributed by atoms with van der Waals surface area (Å²) in [6.07, 6.45) is 18.4. The quantitative estimate of drug-likeness (QED) is 0.281. The summed E-state index contributed by atoms with van der Waals surface area (Å²) in [5.74, 6) is -0.653. The van der Waals surface area contributed by atoms with Gasteiger partial charge in [0, 0.05) is 12.2 Å². The number of esters is 2. The van der Waals surface area contributed by atoms with Gasteiger partial charge in [-0.2, -0.15) is 0 Å². The smallest absolute Gasteiger partial charge is 0.330 e. The molecule has 0 N–H and O–H groups in total. The Bertz CT molecular complexity index is 664. The highest BCUT2D eigenvalue weighted by Crippen LogP contribution is 2.04. The molecule has 0 rings (SSSR count). The first-order chi connectivity index (χ1) is 13.3.